The highest BCUT2D eigenvalue weighted by molar-refractivity contribution is 5.66. The highest BCUT2D eigenvalue weighted by Gasteiger charge is 2.40. The third kappa shape index (κ3) is 3.20. The molecule has 1 aromatic carbocycles. The highest BCUT2D eigenvalue weighted by Crippen LogP contribution is 2.32. The first-order chi connectivity index (χ1) is 9.68. The fourth-order valence-corrected chi connectivity index (χ4v) is 2.64. The van der Waals surface area contributed by atoms with Crippen molar-refractivity contribution in [1.29, 1.82) is 0 Å². The van der Waals surface area contributed by atoms with Gasteiger partial charge in [-0.15, -0.1) is 0 Å². The molecule has 0 radical (unpaired) electrons. The molecule has 1 N–H and O–H groups in total. The van der Waals surface area contributed by atoms with Crippen LogP contribution in [-0.2, 0) is 11.3 Å². The smallest absolute Gasteiger partial charge is 0.409 e. The molecule has 1 aromatic rings. The van der Waals surface area contributed by atoms with Crippen LogP contribution >= 0.6 is 0 Å². The van der Waals surface area contributed by atoms with Crippen molar-refractivity contribution in [2.45, 2.75) is 38.5 Å². The van der Waals surface area contributed by atoms with Crippen LogP contribution in [0.3, 0.4) is 0 Å². The van der Waals surface area contributed by atoms with E-state index in [1.165, 1.54) is 4.90 Å². The van der Waals surface area contributed by atoms with E-state index in [4.69, 9.17) is 4.74 Å². The molecule has 4 heteroatoms. The second-order valence-corrected chi connectivity index (χ2v) is 5.01. The van der Waals surface area contributed by atoms with Crippen LogP contribution in [0.25, 0.3) is 0 Å². The average Bonchev–Trinajstić information content (AvgIpc) is 2.47. The molecule has 4 nitrogen and oxygen atoms in total. The second-order valence-electron chi connectivity index (χ2n) is 5.01. The summed E-state index contributed by atoms with van der Waals surface area (Å²) < 4.78 is 6.03. The monoisotopic (exact) mass is 275 g/mol. The first kappa shape index (κ1) is 14.6. The number of hydrogen-bond acceptors (Lipinski definition) is 2. The Morgan fingerprint density at radius 3 is 2.80 bits per heavy atom. The van der Waals surface area contributed by atoms with E-state index in [2.05, 4.69) is 0 Å². The van der Waals surface area contributed by atoms with Gasteiger partial charge >= 0.3 is 6.09 Å². The SMILES string of the molecule is CC=CC1(OCc2ccccc2)CCCCN1C(=O)O. The normalized spacial score (nSPS) is 23.1. The quantitative estimate of drug-likeness (QED) is 0.853. The molecule has 2 rings (SSSR count). The Kier molecular flexibility index (Phi) is 4.79. The van der Waals surface area contributed by atoms with Gasteiger partial charge in [0.05, 0.1) is 6.61 Å². The minimum absolute atomic E-state index is 0.412. The molecule has 108 valence electrons. The largest absolute Gasteiger partial charge is 0.465 e. The van der Waals surface area contributed by atoms with Crippen LogP contribution in [0.5, 0.6) is 0 Å². The summed E-state index contributed by atoms with van der Waals surface area (Å²) in [4.78, 5) is 12.9. The predicted octanol–water partition coefficient (Wildman–Crippen LogP) is 3.64. The standard InChI is InChI=1S/C16H21NO3/c1-2-10-16(11-6-7-12-17(16)15(18)19)20-13-14-8-4-3-5-9-14/h2-5,8-10H,6-7,11-13H2,1H3,(H,18,19). The Bertz CT molecular complexity index is 472. The van der Waals surface area contributed by atoms with Crippen molar-refractivity contribution in [2.75, 3.05) is 6.54 Å². The Morgan fingerprint density at radius 2 is 2.15 bits per heavy atom. The molecule has 1 unspecified atom stereocenters. The summed E-state index contributed by atoms with van der Waals surface area (Å²) in [5.41, 5.74) is 0.224. The van der Waals surface area contributed by atoms with Crippen molar-refractivity contribution >= 4 is 6.09 Å². The molecule has 1 heterocycles. The number of carboxylic acid groups (broad SMARTS) is 1. The van der Waals surface area contributed by atoms with E-state index in [9.17, 15) is 9.90 Å². The first-order valence-electron chi connectivity index (χ1n) is 7.00. The van der Waals surface area contributed by atoms with Gasteiger partial charge in [-0.25, -0.2) is 4.79 Å². The predicted molar refractivity (Wildman–Crippen MR) is 77.4 cm³/mol. The summed E-state index contributed by atoms with van der Waals surface area (Å²) in [5.74, 6) is 0. The topological polar surface area (TPSA) is 49.8 Å². The van der Waals surface area contributed by atoms with Gasteiger partial charge in [-0.1, -0.05) is 36.4 Å². The molecule has 0 aliphatic carbocycles. The minimum atomic E-state index is -0.920. The number of allylic oxidation sites excluding steroid dienone is 1. The van der Waals surface area contributed by atoms with Gasteiger partial charge in [0, 0.05) is 6.54 Å². The average molecular weight is 275 g/mol. The molecule has 20 heavy (non-hydrogen) atoms. The molecule has 1 atom stereocenters. The Hall–Kier alpha value is -1.81. The zero-order valence-corrected chi connectivity index (χ0v) is 11.8. The number of rotatable bonds is 4. The second kappa shape index (κ2) is 6.57. The van der Waals surface area contributed by atoms with Gasteiger partial charge in [0.25, 0.3) is 0 Å². The molecular formula is C16H21NO3. The maximum atomic E-state index is 11.5. The number of nitrogens with zero attached hydrogens (tertiary/aromatic N) is 1. The van der Waals surface area contributed by atoms with Gasteiger partial charge in [-0.2, -0.15) is 0 Å². The maximum Gasteiger partial charge on any atom is 0.409 e. The van der Waals surface area contributed by atoms with E-state index in [1.807, 2.05) is 49.4 Å². The minimum Gasteiger partial charge on any atom is -0.465 e. The molecule has 0 aromatic heterocycles. The summed E-state index contributed by atoms with van der Waals surface area (Å²) in [6.07, 6.45) is 5.38. The lowest BCUT2D eigenvalue weighted by Crippen LogP contribution is -2.54. The van der Waals surface area contributed by atoms with Gasteiger partial charge in [0.15, 0.2) is 5.72 Å². The summed E-state index contributed by atoms with van der Waals surface area (Å²) in [6.45, 7) is 2.83. The number of benzene rings is 1. The third-order valence-electron chi connectivity index (χ3n) is 3.61. The highest BCUT2D eigenvalue weighted by atomic mass is 16.5. The number of carbonyl (C=O) groups is 1. The number of amides is 1. The molecule has 1 aliphatic rings. The van der Waals surface area contributed by atoms with Crippen LogP contribution in [0.15, 0.2) is 42.5 Å². The van der Waals surface area contributed by atoms with Crippen LogP contribution in [0.1, 0.15) is 31.7 Å². The fraction of sp³-hybridized carbons (Fsp3) is 0.438. The zero-order valence-electron chi connectivity index (χ0n) is 11.8. The lowest BCUT2D eigenvalue weighted by Gasteiger charge is -2.43. The molecular weight excluding hydrogens is 254 g/mol. The van der Waals surface area contributed by atoms with Gasteiger partial charge in [-0.05, 0) is 37.8 Å². The van der Waals surface area contributed by atoms with Gasteiger partial charge in [0.2, 0.25) is 0 Å². The zero-order chi connectivity index (χ0) is 14.4. The van der Waals surface area contributed by atoms with E-state index in [0.717, 1.165) is 18.4 Å². The van der Waals surface area contributed by atoms with Crippen LogP contribution in [0, 0.1) is 0 Å². The first-order valence-corrected chi connectivity index (χ1v) is 7.00. The lowest BCUT2D eigenvalue weighted by atomic mass is 9.97. The lowest BCUT2D eigenvalue weighted by molar-refractivity contribution is -0.134. The summed E-state index contributed by atoms with van der Waals surface area (Å²) in [5, 5.41) is 9.41. The molecule has 0 bridgehead atoms. The van der Waals surface area contributed by atoms with Crippen LogP contribution in [0.4, 0.5) is 4.79 Å². The molecule has 1 fully saturated rings. The van der Waals surface area contributed by atoms with E-state index >= 15 is 0 Å². The molecule has 0 saturated carbocycles. The van der Waals surface area contributed by atoms with Gasteiger partial charge < -0.3 is 9.84 Å². The number of piperidine rings is 1. The summed E-state index contributed by atoms with van der Waals surface area (Å²) >= 11 is 0. The van der Waals surface area contributed by atoms with Crippen molar-refractivity contribution in [1.82, 2.24) is 4.90 Å². The Balaban J connectivity index is 2.17. The number of ether oxygens (including phenoxy) is 1. The van der Waals surface area contributed by atoms with Crippen molar-refractivity contribution < 1.29 is 14.6 Å². The maximum absolute atomic E-state index is 11.5. The number of likely N-dealkylation sites (tertiary alicyclic amines) is 1. The Labute approximate surface area is 119 Å². The van der Waals surface area contributed by atoms with Gasteiger partial charge in [0.1, 0.15) is 0 Å². The van der Waals surface area contributed by atoms with Crippen molar-refractivity contribution in [3.8, 4) is 0 Å². The summed E-state index contributed by atoms with van der Waals surface area (Å²) in [6, 6.07) is 9.83. The fourth-order valence-electron chi connectivity index (χ4n) is 2.64. The van der Waals surface area contributed by atoms with E-state index in [1.54, 1.807) is 0 Å². The summed E-state index contributed by atoms with van der Waals surface area (Å²) in [7, 11) is 0. The van der Waals surface area contributed by atoms with Crippen LogP contribution in [-0.4, -0.2) is 28.4 Å². The molecule has 1 amide bonds. The van der Waals surface area contributed by atoms with Crippen molar-refractivity contribution in [3.63, 3.8) is 0 Å². The molecule has 0 spiro atoms. The van der Waals surface area contributed by atoms with Crippen molar-refractivity contribution in [3.05, 3.63) is 48.0 Å². The van der Waals surface area contributed by atoms with Crippen LogP contribution < -0.4 is 0 Å². The Morgan fingerprint density at radius 1 is 1.40 bits per heavy atom. The van der Waals surface area contributed by atoms with E-state index in [0.29, 0.717) is 19.6 Å². The number of hydrogen-bond donors (Lipinski definition) is 1. The van der Waals surface area contributed by atoms with Gasteiger partial charge in [-0.3, -0.25) is 4.90 Å². The van der Waals surface area contributed by atoms with Crippen molar-refractivity contribution in [2.24, 2.45) is 0 Å². The van der Waals surface area contributed by atoms with Crippen LogP contribution in [0.2, 0.25) is 0 Å². The third-order valence-corrected chi connectivity index (χ3v) is 3.61. The van der Waals surface area contributed by atoms with E-state index < -0.39 is 11.8 Å². The molecule has 1 aliphatic heterocycles. The molecule has 1 saturated heterocycles. The van der Waals surface area contributed by atoms with E-state index in [-0.39, 0.29) is 0 Å².